The van der Waals surface area contributed by atoms with Gasteiger partial charge in [-0.3, -0.25) is 0 Å². The highest BCUT2D eigenvalue weighted by Crippen LogP contribution is 2.55. The first-order valence-electron chi connectivity index (χ1n) is 12.6. The van der Waals surface area contributed by atoms with Gasteiger partial charge in [0.05, 0.1) is 28.7 Å². The normalized spacial score (nSPS) is 14.6. The summed E-state index contributed by atoms with van der Waals surface area (Å²) in [5.74, 6) is 0.752. The largest absolute Gasteiger partial charge is 0.497 e. The molecule has 1 aromatic heterocycles. The Kier molecular flexibility index (Phi) is 6.70. The van der Waals surface area contributed by atoms with E-state index in [0.717, 1.165) is 48.4 Å². The molecular formula is C33H25N3OS2. The van der Waals surface area contributed by atoms with Crippen molar-refractivity contribution in [3.05, 3.63) is 129 Å². The SMILES string of the molecule is COc1cccc(N2C(c3ccc(C)cc3)=C(c3ccc(C)cc3)S/C2=C(\C#N)c2nc3ccccc3s2)c1. The second kappa shape index (κ2) is 10.5. The van der Waals surface area contributed by atoms with Crippen LogP contribution in [0, 0.1) is 25.2 Å². The van der Waals surface area contributed by atoms with Crippen molar-refractivity contribution in [3.63, 3.8) is 0 Å². The van der Waals surface area contributed by atoms with Crippen LogP contribution in [-0.2, 0) is 0 Å². The van der Waals surface area contributed by atoms with E-state index in [1.54, 1.807) is 30.2 Å². The highest BCUT2D eigenvalue weighted by Gasteiger charge is 2.35. The summed E-state index contributed by atoms with van der Waals surface area (Å²) in [5.41, 5.74) is 7.96. The average Bonchev–Trinajstić information content (AvgIpc) is 3.57. The second-order valence-corrected chi connectivity index (χ2v) is 11.4. The number of nitriles is 1. The molecule has 0 unspecified atom stereocenters. The van der Waals surface area contributed by atoms with E-state index in [-0.39, 0.29) is 0 Å². The number of para-hydroxylation sites is 1. The summed E-state index contributed by atoms with van der Waals surface area (Å²) in [6, 6.07) is 35.7. The van der Waals surface area contributed by atoms with Crippen LogP contribution in [0.1, 0.15) is 27.3 Å². The van der Waals surface area contributed by atoms with Gasteiger partial charge in [0.1, 0.15) is 27.4 Å². The maximum absolute atomic E-state index is 10.6. The number of methoxy groups -OCH3 is 1. The van der Waals surface area contributed by atoms with Crippen molar-refractivity contribution in [2.75, 3.05) is 12.0 Å². The first-order chi connectivity index (χ1) is 19.1. The van der Waals surface area contributed by atoms with Crippen LogP contribution in [-0.4, -0.2) is 12.1 Å². The van der Waals surface area contributed by atoms with Gasteiger partial charge < -0.3 is 9.64 Å². The van der Waals surface area contributed by atoms with Crippen molar-refractivity contribution in [2.45, 2.75) is 13.8 Å². The molecule has 0 saturated carbocycles. The van der Waals surface area contributed by atoms with Gasteiger partial charge >= 0.3 is 0 Å². The van der Waals surface area contributed by atoms with Crippen LogP contribution in [0.15, 0.2) is 102 Å². The van der Waals surface area contributed by atoms with Gasteiger partial charge in [-0.25, -0.2) is 4.98 Å². The number of allylic oxidation sites excluding steroid dienone is 1. The maximum Gasteiger partial charge on any atom is 0.137 e. The summed E-state index contributed by atoms with van der Waals surface area (Å²) >= 11 is 3.16. The summed E-state index contributed by atoms with van der Waals surface area (Å²) in [4.78, 5) is 8.14. The van der Waals surface area contributed by atoms with Crippen molar-refractivity contribution in [1.82, 2.24) is 4.98 Å². The van der Waals surface area contributed by atoms with E-state index < -0.39 is 0 Å². The fourth-order valence-corrected chi connectivity index (χ4v) is 6.90. The molecule has 0 saturated heterocycles. The summed E-state index contributed by atoms with van der Waals surface area (Å²) < 4.78 is 6.66. The van der Waals surface area contributed by atoms with Crippen LogP contribution in [0.25, 0.3) is 26.4 Å². The number of thiazole rings is 1. The van der Waals surface area contributed by atoms with Crippen LogP contribution in [0.2, 0.25) is 0 Å². The molecule has 0 N–H and O–H groups in total. The van der Waals surface area contributed by atoms with E-state index in [9.17, 15) is 5.26 Å². The fraction of sp³-hybridized carbons (Fsp3) is 0.0909. The van der Waals surface area contributed by atoms with Crippen molar-refractivity contribution in [2.24, 2.45) is 0 Å². The zero-order valence-electron chi connectivity index (χ0n) is 21.8. The van der Waals surface area contributed by atoms with Crippen LogP contribution in [0.3, 0.4) is 0 Å². The lowest BCUT2D eigenvalue weighted by atomic mass is 10.0. The molecule has 0 bridgehead atoms. The molecule has 0 atom stereocenters. The third-order valence-corrected chi connectivity index (χ3v) is 8.89. The summed E-state index contributed by atoms with van der Waals surface area (Å²) in [6.45, 7) is 4.18. The molecule has 6 rings (SSSR count). The van der Waals surface area contributed by atoms with Crippen molar-refractivity contribution in [1.29, 1.82) is 5.26 Å². The number of aryl methyl sites for hydroxylation is 2. The fourth-order valence-electron chi connectivity index (χ4n) is 4.59. The molecule has 6 heteroatoms. The Morgan fingerprint density at radius 2 is 1.54 bits per heavy atom. The molecule has 1 aliphatic heterocycles. The molecule has 0 spiro atoms. The first kappa shape index (κ1) is 25.0. The number of ether oxygens (including phenoxy) is 1. The van der Waals surface area contributed by atoms with E-state index in [1.165, 1.54) is 11.1 Å². The second-order valence-electron chi connectivity index (χ2n) is 9.33. The average molecular weight is 544 g/mol. The molecule has 4 aromatic carbocycles. The number of aromatic nitrogens is 1. The molecule has 0 radical (unpaired) electrons. The van der Waals surface area contributed by atoms with Gasteiger partial charge in [-0.05, 0) is 49.2 Å². The molecule has 0 fully saturated rings. The summed E-state index contributed by atoms with van der Waals surface area (Å²) in [7, 11) is 1.67. The van der Waals surface area contributed by atoms with Crippen molar-refractivity contribution in [3.8, 4) is 11.8 Å². The van der Waals surface area contributed by atoms with Crippen molar-refractivity contribution >= 4 is 55.2 Å². The van der Waals surface area contributed by atoms with Crippen molar-refractivity contribution < 1.29 is 4.74 Å². The predicted molar refractivity (Wildman–Crippen MR) is 164 cm³/mol. The lowest BCUT2D eigenvalue weighted by Crippen LogP contribution is -2.17. The van der Waals surface area contributed by atoms with Gasteiger partial charge in [-0.2, -0.15) is 5.26 Å². The first-order valence-corrected chi connectivity index (χ1v) is 14.2. The van der Waals surface area contributed by atoms with Crippen LogP contribution < -0.4 is 9.64 Å². The zero-order valence-corrected chi connectivity index (χ0v) is 23.4. The Labute approximate surface area is 236 Å². The monoisotopic (exact) mass is 543 g/mol. The van der Waals surface area contributed by atoms with Gasteiger partial charge in [0.2, 0.25) is 0 Å². The summed E-state index contributed by atoms with van der Waals surface area (Å²) in [6.07, 6.45) is 0. The van der Waals surface area contributed by atoms with Gasteiger partial charge in [0.25, 0.3) is 0 Å². The Hall–Kier alpha value is -4.31. The van der Waals surface area contributed by atoms with Gasteiger partial charge in [0.15, 0.2) is 0 Å². The number of anilines is 1. The standard InChI is InChI=1S/C33H25N3OS2/c1-21-11-15-23(16-12-21)30-31(24-17-13-22(2)14-18-24)39-33(36(30)25-7-6-8-26(19-25)37-3)27(20-34)32-35-28-9-4-5-10-29(28)38-32/h4-19H,1-3H3/b33-27+. The zero-order chi connectivity index (χ0) is 26.9. The molecule has 39 heavy (non-hydrogen) atoms. The van der Waals surface area contributed by atoms with Gasteiger partial charge in [0, 0.05) is 11.0 Å². The number of fused-ring (bicyclic) bond motifs is 1. The number of hydrogen-bond acceptors (Lipinski definition) is 6. The molecule has 4 nitrogen and oxygen atoms in total. The predicted octanol–water partition coefficient (Wildman–Crippen LogP) is 8.89. The highest BCUT2D eigenvalue weighted by molar-refractivity contribution is 8.12. The lowest BCUT2D eigenvalue weighted by molar-refractivity contribution is 0.415. The van der Waals surface area contributed by atoms with Crippen LogP contribution in [0.5, 0.6) is 5.75 Å². The number of thioether (sulfide) groups is 1. The lowest BCUT2D eigenvalue weighted by Gasteiger charge is -2.25. The minimum absolute atomic E-state index is 0.552. The Bertz CT molecular complexity index is 1760. The molecule has 5 aromatic rings. The quantitative estimate of drug-likeness (QED) is 0.207. The van der Waals surface area contributed by atoms with E-state index in [2.05, 4.69) is 79.4 Å². The molecule has 1 aliphatic rings. The summed E-state index contributed by atoms with van der Waals surface area (Å²) in [5, 5.41) is 12.1. The number of rotatable bonds is 5. The molecular weight excluding hydrogens is 519 g/mol. The topological polar surface area (TPSA) is 49.1 Å². The minimum atomic E-state index is 0.552. The minimum Gasteiger partial charge on any atom is -0.497 e. The van der Waals surface area contributed by atoms with E-state index in [1.807, 2.05) is 42.5 Å². The smallest absolute Gasteiger partial charge is 0.137 e. The third-order valence-electron chi connectivity index (χ3n) is 6.62. The van der Waals surface area contributed by atoms with Crippen LogP contribution >= 0.6 is 23.1 Å². The number of hydrogen-bond donors (Lipinski definition) is 0. The third kappa shape index (κ3) is 4.72. The Morgan fingerprint density at radius 3 is 2.21 bits per heavy atom. The van der Waals surface area contributed by atoms with Gasteiger partial charge in [-0.15, -0.1) is 11.3 Å². The Balaban J connectivity index is 1.65. The Morgan fingerprint density at radius 1 is 0.846 bits per heavy atom. The van der Waals surface area contributed by atoms with Gasteiger partial charge in [-0.1, -0.05) is 89.6 Å². The van der Waals surface area contributed by atoms with E-state index in [4.69, 9.17) is 9.72 Å². The molecule has 190 valence electrons. The number of benzene rings is 4. The maximum atomic E-state index is 10.6. The van der Waals surface area contributed by atoms with Crippen LogP contribution in [0.4, 0.5) is 5.69 Å². The molecule has 0 amide bonds. The van der Waals surface area contributed by atoms with E-state index >= 15 is 0 Å². The molecule has 0 aliphatic carbocycles. The van der Waals surface area contributed by atoms with E-state index in [0.29, 0.717) is 10.6 Å². The molecule has 2 heterocycles. The number of nitrogens with zero attached hydrogens (tertiary/aromatic N) is 3. The highest BCUT2D eigenvalue weighted by atomic mass is 32.2.